The van der Waals surface area contributed by atoms with E-state index >= 15 is 0 Å². The van der Waals surface area contributed by atoms with Crippen LogP contribution in [0.25, 0.3) is 11.4 Å². The zero-order valence-electron chi connectivity index (χ0n) is 25.9. The molecule has 0 aliphatic heterocycles. The topological polar surface area (TPSA) is 196 Å². The summed E-state index contributed by atoms with van der Waals surface area (Å²) in [6, 6.07) is 27.9. The molecule has 15 heteroatoms. The van der Waals surface area contributed by atoms with Gasteiger partial charge in [-0.15, -0.1) is 0 Å². The third-order valence-corrected chi connectivity index (χ3v) is 7.84. The molecule has 0 amide bonds. The van der Waals surface area contributed by atoms with Crippen molar-refractivity contribution in [2.24, 2.45) is 9.98 Å². The maximum Gasteiger partial charge on any atom is 0.294 e. The number of phenolic OH excluding ortho intramolecular Hbond substituents is 2. The van der Waals surface area contributed by atoms with E-state index in [9.17, 15) is 28.8 Å². The summed E-state index contributed by atoms with van der Waals surface area (Å²) in [5.41, 5.74) is 3.97. The third-order valence-electron chi connectivity index (χ3n) is 6.97. The molecule has 4 aromatic carbocycles. The zero-order valence-corrected chi connectivity index (χ0v) is 27.8. The van der Waals surface area contributed by atoms with Crippen LogP contribution in [-0.4, -0.2) is 65.4 Å². The molecule has 6 aromatic rings. The first-order chi connectivity index (χ1) is 22.9. The van der Waals surface area contributed by atoms with Gasteiger partial charge in [-0.25, -0.2) is 9.36 Å². The molecule has 0 unspecified atom stereocenters. The molecule has 13 nitrogen and oxygen atoms in total. The maximum absolute atomic E-state index is 11.1. The number of hydrogen-bond donors (Lipinski definition) is 5. The van der Waals surface area contributed by atoms with Crippen molar-refractivity contribution in [1.29, 1.82) is 0 Å². The molecule has 2 heterocycles. The molecule has 0 spiro atoms. The quantitative estimate of drug-likeness (QED) is 0.0979. The van der Waals surface area contributed by atoms with Gasteiger partial charge in [0.15, 0.2) is 0 Å². The average Bonchev–Trinajstić information content (AvgIpc) is 3.53. The van der Waals surface area contributed by atoms with Gasteiger partial charge in [-0.2, -0.15) is 18.6 Å². The van der Waals surface area contributed by atoms with Gasteiger partial charge in [-0.05, 0) is 74.5 Å². The van der Waals surface area contributed by atoms with Crippen molar-refractivity contribution in [2.75, 3.05) is 0 Å². The second-order valence-electron chi connectivity index (χ2n) is 10.3. The number of aliphatic imine (C=N–C) groups is 2. The molecule has 0 saturated heterocycles. The van der Waals surface area contributed by atoms with E-state index in [0.717, 1.165) is 5.69 Å². The minimum absolute atomic E-state index is 0. The number of aryl methyl sites for hydroxylation is 2. The summed E-state index contributed by atoms with van der Waals surface area (Å²) in [6.07, 6.45) is 2.89. The van der Waals surface area contributed by atoms with Crippen LogP contribution >= 0.6 is 0 Å². The molecule has 0 fully saturated rings. The molecule has 0 bridgehead atoms. The van der Waals surface area contributed by atoms with Crippen LogP contribution in [0.3, 0.4) is 0 Å². The molecule has 0 aliphatic carbocycles. The number of phenols is 2. The summed E-state index contributed by atoms with van der Waals surface area (Å²) >= 11 is 0. The van der Waals surface area contributed by atoms with Crippen molar-refractivity contribution in [2.45, 2.75) is 18.7 Å². The number of aromatic hydroxyl groups is 4. The SMILES string of the molecule is Cc1nn(-c2ccc(S(=O)(=O)O)cc2)c(O)c1C=Nc1ccccc1O.Cc1nn(-c2ccccc2)c(O)c1C=Nc1ccccc1O.[Co]. The first-order valence-corrected chi connectivity index (χ1v) is 15.7. The largest absolute Gasteiger partial charge is 0.506 e. The Morgan fingerprint density at radius 2 is 0.980 bits per heavy atom. The second-order valence-corrected chi connectivity index (χ2v) is 11.7. The Balaban J connectivity index is 0.000000219. The van der Waals surface area contributed by atoms with Gasteiger partial charge in [0.05, 0.1) is 38.8 Å². The number of rotatable bonds is 7. The van der Waals surface area contributed by atoms with E-state index in [-0.39, 0.29) is 44.9 Å². The summed E-state index contributed by atoms with van der Waals surface area (Å²) in [5, 5.41) is 48.8. The van der Waals surface area contributed by atoms with Crippen LogP contribution in [0.1, 0.15) is 22.5 Å². The van der Waals surface area contributed by atoms with Crippen LogP contribution in [0, 0.1) is 13.8 Å². The van der Waals surface area contributed by atoms with Crippen molar-refractivity contribution >= 4 is 33.9 Å². The van der Waals surface area contributed by atoms with Gasteiger partial charge < -0.3 is 20.4 Å². The van der Waals surface area contributed by atoms with Crippen molar-refractivity contribution in [3.63, 3.8) is 0 Å². The van der Waals surface area contributed by atoms with Gasteiger partial charge in [0.1, 0.15) is 22.9 Å². The molecule has 49 heavy (non-hydrogen) atoms. The Morgan fingerprint density at radius 3 is 1.39 bits per heavy atom. The van der Waals surface area contributed by atoms with Crippen LogP contribution in [0.5, 0.6) is 23.3 Å². The van der Waals surface area contributed by atoms with Crippen LogP contribution in [0.15, 0.2) is 118 Å². The average molecular weight is 726 g/mol. The first kappa shape index (κ1) is 36.1. The number of aromatic nitrogens is 4. The van der Waals surface area contributed by atoms with Gasteiger partial charge in [0.2, 0.25) is 11.8 Å². The molecule has 0 atom stereocenters. The smallest absolute Gasteiger partial charge is 0.294 e. The van der Waals surface area contributed by atoms with Gasteiger partial charge in [0, 0.05) is 29.2 Å². The third kappa shape index (κ3) is 8.41. The minimum atomic E-state index is -4.30. The zero-order chi connectivity index (χ0) is 34.4. The van der Waals surface area contributed by atoms with E-state index in [0.29, 0.717) is 39.6 Å². The van der Waals surface area contributed by atoms with E-state index in [1.54, 1.807) is 56.3 Å². The van der Waals surface area contributed by atoms with Crippen LogP contribution in [0.2, 0.25) is 0 Å². The maximum atomic E-state index is 11.1. The Labute approximate surface area is 291 Å². The molecule has 1 radical (unpaired) electrons. The summed E-state index contributed by atoms with van der Waals surface area (Å²) < 4.78 is 33.9. The molecule has 0 saturated carbocycles. The molecule has 253 valence electrons. The first-order valence-electron chi connectivity index (χ1n) is 14.3. The predicted molar refractivity (Wildman–Crippen MR) is 180 cm³/mol. The fraction of sp³-hybridized carbons (Fsp3) is 0.0588. The van der Waals surface area contributed by atoms with E-state index in [1.807, 2.05) is 30.3 Å². The molecule has 2 aromatic heterocycles. The molecule has 0 aliphatic rings. The van der Waals surface area contributed by atoms with Crippen molar-refractivity contribution in [3.8, 4) is 34.6 Å². The van der Waals surface area contributed by atoms with Gasteiger partial charge in [-0.3, -0.25) is 14.5 Å². The van der Waals surface area contributed by atoms with Gasteiger partial charge >= 0.3 is 0 Å². The molecule has 6 rings (SSSR count). The van der Waals surface area contributed by atoms with Crippen molar-refractivity contribution in [3.05, 3.63) is 126 Å². The van der Waals surface area contributed by atoms with Crippen molar-refractivity contribution in [1.82, 2.24) is 19.6 Å². The van der Waals surface area contributed by atoms with E-state index < -0.39 is 10.1 Å². The fourth-order valence-corrected chi connectivity index (χ4v) is 4.94. The normalized spacial score (nSPS) is 11.3. The van der Waals surface area contributed by atoms with Crippen LogP contribution < -0.4 is 0 Å². The summed E-state index contributed by atoms with van der Waals surface area (Å²) in [4.78, 5) is 8.11. The molecular formula is C34H30CoN6O7S. The Bertz CT molecular complexity index is 2230. The number of benzene rings is 4. The van der Waals surface area contributed by atoms with Gasteiger partial charge in [0.25, 0.3) is 10.1 Å². The van der Waals surface area contributed by atoms with E-state index in [4.69, 9.17) is 4.55 Å². The fourth-order valence-electron chi connectivity index (χ4n) is 4.46. The monoisotopic (exact) mass is 725 g/mol. The summed E-state index contributed by atoms with van der Waals surface area (Å²) in [7, 11) is -4.30. The standard InChI is InChI=1S/C17H15N3O5S.C17H15N3O2.Co/c1-11-14(10-18-15-4-2-3-5-16(15)21)17(22)20(19-11)12-6-8-13(9-7-12)26(23,24)25;1-12-14(11-18-15-9-5-6-10-16(15)21)17(22)20(19-12)13-7-3-2-4-8-13;/h2-10,21-22H,1H3,(H,23,24,25);2-11,21-22H,1H3;. The Hall–Kier alpha value is -5.74. The summed E-state index contributed by atoms with van der Waals surface area (Å²) in [6.45, 7) is 3.47. The Kier molecular flexibility index (Phi) is 11.4. The molecule has 5 N–H and O–H groups in total. The number of hydrogen-bond acceptors (Lipinski definition) is 10. The number of para-hydroxylation sites is 5. The van der Waals surface area contributed by atoms with E-state index in [1.165, 1.54) is 52.1 Å². The molecular weight excluding hydrogens is 695 g/mol. The number of nitrogens with zero attached hydrogens (tertiary/aromatic N) is 6. The Morgan fingerprint density at radius 1 is 0.592 bits per heavy atom. The van der Waals surface area contributed by atoms with Gasteiger partial charge in [-0.1, -0.05) is 42.5 Å². The van der Waals surface area contributed by atoms with Crippen molar-refractivity contribution < 1.29 is 50.2 Å². The van der Waals surface area contributed by atoms with Crippen LogP contribution in [0.4, 0.5) is 11.4 Å². The second kappa shape index (κ2) is 15.4. The predicted octanol–water partition coefficient (Wildman–Crippen LogP) is 5.93. The van der Waals surface area contributed by atoms with E-state index in [2.05, 4.69) is 20.2 Å². The minimum Gasteiger partial charge on any atom is -0.506 e. The summed E-state index contributed by atoms with van der Waals surface area (Å²) in [5.74, 6) is -0.0791. The van der Waals surface area contributed by atoms with Crippen LogP contribution in [-0.2, 0) is 26.9 Å².